The lowest BCUT2D eigenvalue weighted by molar-refractivity contribution is 0.267. The van der Waals surface area contributed by atoms with Crippen LogP contribution in [0.1, 0.15) is 5.01 Å². The Hall–Kier alpha value is -2.18. The molecule has 0 spiro atoms. The number of thioether (sulfide) groups is 1. The fourth-order valence-electron chi connectivity index (χ4n) is 1.96. The molecule has 0 aliphatic rings. The summed E-state index contributed by atoms with van der Waals surface area (Å²) in [6.07, 6.45) is 0. The Kier molecular flexibility index (Phi) is 4.50. The van der Waals surface area contributed by atoms with Crippen molar-refractivity contribution in [3.05, 3.63) is 65.7 Å². The molecule has 3 rings (SSSR count). The second-order valence-corrected chi connectivity index (χ2v) is 6.34. The first-order chi connectivity index (χ1) is 10.7. The molecular weight excluding hydrogens is 314 g/mol. The van der Waals surface area contributed by atoms with E-state index >= 15 is 0 Å². The number of aryl methyl sites for hydroxylation is 1. The van der Waals surface area contributed by atoms with Gasteiger partial charge in [0.15, 0.2) is 0 Å². The van der Waals surface area contributed by atoms with E-state index in [0.29, 0.717) is 5.16 Å². The van der Waals surface area contributed by atoms with E-state index in [-0.39, 0.29) is 5.24 Å². The SMILES string of the molecule is Cc1nc(SC(=O)N(c2ccccc2)c2ccccc2)ns1. The maximum absolute atomic E-state index is 12.7. The van der Waals surface area contributed by atoms with E-state index in [4.69, 9.17) is 0 Å². The van der Waals surface area contributed by atoms with Crippen molar-refractivity contribution in [3.8, 4) is 0 Å². The van der Waals surface area contributed by atoms with Crippen molar-refractivity contribution in [3.63, 3.8) is 0 Å². The summed E-state index contributed by atoms with van der Waals surface area (Å²) in [5.41, 5.74) is 1.64. The molecule has 6 heteroatoms. The number of anilines is 2. The van der Waals surface area contributed by atoms with Gasteiger partial charge in [0.1, 0.15) is 5.01 Å². The summed E-state index contributed by atoms with van der Waals surface area (Å²) < 4.78 is 4.17. The third kappa shape index (κ3) is 3.35. The topological polar surface area (TPSA) is 46.1 Å². The molecular formula is C16H13N3OS2. The second-order valence-electron chi connectivity index (χ2n) is 4.47. The van der Waals surface area contributed by atoms with Crippen molar-refractivity contribution >= 4 is 39.9 Å². The summed E-state index contributed by atoms with van der Waals surface area (Å²) in [5, 5.41) is 1.21. The lowest BCUT2D eigenvalue weighted by Gasteiger charge is -2.21. The molecule has 0 saturated carbocycles. The summed E-state index contributed by atoms with van der Waals surface area (Å²) in [6.45, 7) is 1.87. The third-order valence-electron chi connectivity index (χ3n) is 2.90. The number of aromatic nitrogens is 2. The summed E-state index contributed by atoms with van der Waals surface area (Å²) in [4.78, 5) is 18.6. The lowest BCUT2D eigenvalue weighted by atomic mass is 10.2. The summed E-state index contributed by atoms with van der Waals surface area (Å²) >= 11 is 2.33. The molecule has 4 nitrogen and oxygen atoms in total. The highest BCUT2D eigenvalue weighted by Gasteiger charge is 2.20. The zero-order valence-corrected chi connectivity index (χ0v) is 13.5. The molecule has 0 saturated heterocycles. The first kappa shape index (κ1) is 14.7. The number of benzene rings is 2. The number of carbonyl (C=O) groups excluding carboxylic acids is 1. The van der Waals surface area contributed by atoms with E-state index in [9.17, 15) is 4.79 Å². The average Bonchev–Trinajstić information content (AvgIpc) is 2.95. The number of hydrogen-bond acceptors (Lipinski definition) is 5. The van der Waals surface area contributed by atoms with Crippen LogP contribution in [0, 0.1) is 6.92 Å². The van der Waals surface area contributed by atoms with Gasteiger partial charge in [0, 0.05) is 23.1 Å². The van der Waals surface area contributed by atoms with Gasteiger partial charge in [-0.05, 0) is 42.7 Å². The minimum atomic E-state index is -0.129. The van der Waals surface area contributed by atoms with Gasteiger partial charge in [-0.25, -0.2) is 4.98 Å². The van der Waals surface area contributed by atoms with Crippen LogP contribution >= 0.6 is 23.3 Å². The van der Waals surface area contributed by atoms with Crippen molar-refractivity contribution < 1.29 is 4.79 Å². The standard InChI is InChI=1S/C16H13N3OS2/c1-12-17-15(18-22-12)21-16(20)19(13-8-4-2-5-9-13)14-10-6-3-7-11-14/h2-11H,1H3. The highest BCUT2D eigenvalue weighted by atomic mass is 32.2. The minimum absolute atomic E-state index is 0.129. The minimum Gasteiger partial charge on any atom is -0.272 e. The Morgan fingerprint density at radius 2 is 1.55 bits per heavy atom. The highest BCUT2D eigenvalue weighted by Crippen LogP contribution is 2.31. The average molecular weight is 327 g/mol. The number of hydrogen-bond donors (Lipinski definition) is 0. The van der Waals surface area contributed by atoms with Gasteiger partial charge in [-0.2, -0.15) is 4.37 Å². The normalized spacial score (nSPS) is 10.4. The van der Waals surface area contributed by atoms with Crippen molar-refractivity contribution in [2.45, 2.75) is 12.1 Å². The highest BCUT2D eigenvalue weighted by molar-refractivity contribution is 8.13. The molecule has 110 valence electrons. The molecule has 0 aliphatic heterocycles. The third-order valence-corrected chi connectivity index (χ3v) is 4.36. The summed E-state index contributed by atoms with van der Waals surface area (Å²) in [6, 6.07) is 19.1. The fraction of sp³-hybridized carbons (Fsp3) is 0.0625. The molecule has 0 radical (unpaired) electrons. The van der Waals surface area contributed by atoms with Crippen molar-refractivity contribution in [2.24, 2.45) is 0 Å². The second kappa shape index (κ2) is 6.72. The number of amides is 1. The van der Waals surface area contributed by atoms with E-state index < -0.39 is 0 Å². The predicted molar refractivity (Wildman–Crippen MR) is 90.9 cm³/mol. The maximum atomic E-state index is 12.7. The molecule has 0 unspecified atom stereocenters. The van der Waals surface area contributed by atoms with Gasteiger partial charge in [-0.1, -0.05) is 36.4 Å². The first-order valence-corrected chi connectivity index (χ1v) is 8.25. The Balaban J connectivity index is 1.93. The van der Waals surface area contributed by atoms with Gasteiger partial charge in [0.2, 0.25) is 5.16 Å². The van der Waals surface area contributed by atoms with Crippen LogP contribution in [-0.2, 0) is 0 Å². The number of nitrogens with zero attached hydrogens (tertiary/aromatic N) is 3. The van der Waals surface area contributed by atoms with Crippen LogP contribution in [0.4, 0.5) is 16.2 Å². The molecule has 1 amide bonds. The molecule has 0 atom stereocenters. The van der Waals surface area contributed by atoms with Crippen molar-refractivity contribution in [1.29, 1.82) is 0 Å². The maximum Gasteiger partial charge on any atom is 0.298 e. The van der Waals surface area contributed by atoms with Gasteiger partial charge in [0.05, 0.1) is 0 Å². The van der Waals surface area contributed by atoms with Crippen LogP contribution < -0.4 is 4.90 Å². The van der Waals surface area contributed by atoms with E-state index in [1.165, 1.54) is 11.5 Å². The van der Waals surface area contributed by atoms with E-state index in [1.807, 2.05) is 67.6 Å². The van der Waals surface area contributed by atoms with Gasteiger partial charge in [-0.15, -0.1) is 0 Å². The molecule has 0 bridgehead atoms. The largest absolute Gasteiger partial charge is 0.298 e. The van der Waals surface area contributed by atoms with Crippen molar-refractivity contribution in [1.82, 2.24) is 9.36 Å². The summed E-state index contributed by atoms with van der Waals surface area (Å²) in [7, 11) is 0. The van der Waals surface area contributed by atoms with E-state index in [1.54, 1.807) is 4.90 Å². The fourth-order valence-corrected chi connectivity index (χ4v) is 3.30. The first-order valence-electron chi connectivity index (χ1n) is 6.66. The van der Waals surface area contributed by atoms with Gasteiger partial charge in [0.25, 0.3) is 5.24 Å². The van der Waals surface area contributed by atoms with Gasteiger partial charge in [-0.3, -0.25) is 9.69 Å². The van der Waals surface area contributed by atoms with Gasteiger partial charge < -0.3 is 0 Å². The van der Waals surface area contributed by atoms with Gasteiger partial charge >= 0.3 is 0 Å². The van der Waals surface area contributed by atoms with E-state index in [0.717, 1.165) is 28.1 Å². The molecule has 2 aromatic carbocycles. The number of carbonyl (C=O) groups is 1. The number of para-hydroxylation sites is 2. The van der Waals surface area contributed by atoms with Crippen LogP contribution in [0.5, 0.6) is 0 Å². The summed E-state index contributed by atoms with van der Waals surface area (Å²) in [5.74, 6) is 0. The monoisotopic (exact) mass is 327 g/mol. The molecule has 0 fully saturated rings. The van der Waals surface area contributed by atoms with E-state index in [2.05, 4.69) is 9.36 Å². The zero-order valence-electron chi connectivity index (χ0n) is 11.8. The molecule has 22 heavy (non-hydrogen) atoms. The van der Waals surface area contributed by atoms with Crippen LogP contribution in [0.2, 0.25) is 0 Å². The van der Waals surface area contributed by atoms with Crippen LogP contribution in [0.15, 0.2) is 65.8 Å². The molecule has 3 aromatic rings. The molecule has 0 N–H and O–H groups in total. The molecule has 0 aliphatic carbocycles. The molecule has 1 aromatic heterocycles. The molecule has 1 heterocycles. The number of rotatable bonds is 3. The Labute approximate surface area is 137 Å². The van der Waals surface area contributed by atoms with Crippen molar-refractivity contribution in [2.75, 3.05) is 4.90 Å². The Bertz CT molecular complexity index is 720. The Morgan fingerprint density at radius 3 is 2.00 bits per heavy atom. The van der Waals surface area contributed by atoms with Crippen LogP contribution in [0.3, 0.4) is 0 Å². The zero-order chi connectivity index (χ0) is 15.4. The Morgan fingerprint density at radius 1 is 1.00 bits per heavy atom. The quantitative estimate of drug-likeness (QED) is 0.642. The van der Waals surface area contributed by atoms with Crippen LogP contribution in [0.25, 0.3) is 0 Å². The predicted octanol–water partition coefficient (Wildman–Crippen LogP) is 4.90. The van der Waals surface area contributed by atoms with Crippen LogP contribution in [-0.4, -0.2) is 14.6 Å². The smallest absolute Gasteiger partial charge is 0.272 e. The lowest BCUT2D eigenvalue weighted by Crippen LogP contribution is -2.21.